The van der Waals surface area contributed by atoms with Crippen LogP contribution >= 0.6 is 0 Å². The summed E-state index contributed by atoms with van der Waals surface area (Å²) in [5.74, 6) is -0.258. The van der Waals surface area contributed by atoms with Gasteiger partial charge in [-0.15, -0.1) is 0 Å². The van der Waals surface area contributed by atoms with Crippen LogP contribution in [-0.2, 0) is 11.3 Å². The Morgan fingerprint density at radius 3 is 2.27 bits per heavy atom. The van der Waals surface area contributed by atoms with Crippen LogP contribution in [-0.4, -0.2) is 22.5 Å². The molecule has 0 aliphatic rings. The average Bonchev–Trinajstić information content (AvgIpc) is 2.55. The predicted molar refractivity (Wildman–Crippen MR) is 103 cm³/mol. The van der Waals surface area contributed by atoms with Gasteiger partial charge >= 0.3 is 6.03 Å². The number of urea groups is 1. The van der Waals surface area contributed by atoms with E-state index in [1.807, 2.05) is 32.9 Å². The van der Waals surface area contributed by atoms with Crippen LogP contribution in [0.25, 0.3) is 0 Å². The van der Waals surface area contributed by atoms with Gasteiger partial charge in [0, 0.05) is 17.4 Å². The first-order chi connectivity index (χ1) is 12.3. The van der Waals surface area contributed by atoms with Gasteiger partial charge in [0.15, 0.2) is 0 Å². The molecule has 0 aliphatic heterocycles. The van der Waals surface area contributed by atoms with E-state index in [2.05, 4.69) is 16.0 Å². The first-order valence-corrected chi connectivity index (χ1v) is 8.40. The first kappa shape index (κ1) is 19.2. The molecule has 0 atom stereocenters. The zero-order valence-corrected chi connectivity index (χ0v) is 15.4. The Hall–Kier alpha value is -3.09. The minimum atomic E-state index is -0.520. The van der Waals surface area contributed by atoms with Gasteiger partial charge in [0.05, 0.1) is 0 Å². The number of nitrogens with zero attached hydrogens (tertiary/aromatic N) is 1. The Labute approximate surface area is 152 Å². The van der Waals surface area contributed by atoms with E-state index in [9.17, 15) is 14.4 Å². The SMILES string of the molecule is Cc1ccc(NC(=O)Nc2ccc(C)n(CC(=O)NC(C)C)c2=O)cc1. The topological polar surface area (TPSA) is 92.2 Å². The standard InChI is InChI=1S/C19H24N4O3/c1-12(2)20-17(24)11-23-14(4)7-10-16(18(23)25)22-19(26)21-15-8-5-13(3)6-9-15/h5-10,12H,11H2,1-4H3,(H,20,24)(H2,21,22,26). The molecule has 0 saturated heterocycles. The summed E-state index contributed by atoms with van der Waals surface area (Å²) >= 11 is 0. The molecule has 3 N–H and O–H groups in total. The largest absolute Gasteiger partial charge is 0.352 e. The Morgan fingerprint density at radius 2 is 1.65 bits per heavy atom. The first-order valence-electron chi connectivity index (χ1n) is 8.40. The predicted octanol–water partition coefficient (Wildman–Crippen LogP) is 2.63. The summed E-state index contributed by atoms with van der Waals surface area (Å²) in [5, 5.41) is 7.95. The summed E-state index contributed by atoms with van der Waals surface area (Å²) in [7, 11) is 0. The smallest absolute Gasteiger partial charge is 0.323 e. The zero-order chi connectivity index (χ0) is 19.3. The van der Waals surface area contributed by atoms with Gasteiger partial charge in [-0.1, -0.05) is 17.7 Å². The van der Waals surface area contributed by atoms with Crippen molar-refractivity contribution in [2.45, 2.75) is 40.3 Å². The van der Waals surface area contributed by atoms with E-state index in [0.29, 0.717) is 11.4 Å². The number of aromatic nitrogens is 1. The maximum atomic E-state index is 12.6. The van der Waals surface area contributed by atoms with Crippen molar-refractivity contribution in [2.24, 2.45) is 0 Å². The molecular formula is C19H24N4O3. The minimum Gasteiger partial charge on any atom is -0.352 e. The molecule has 0 bridgehead atoms. The number of aryl methyl sites for hydroxylation is 2. The summed E-state index contributed by atoms with van der Waals surface area (Å²) in [6, 6.07) is 9.99. The number of hydrogen-bond acceptors (Lipinski definition) is 3. The molecular weight excluding hydrogens is 332 g/mol. The molecule has 138 valence electrons. The molecule has 1 heterocycles. The Bertz CT molecular complexity index is 854. The van der Waals surface area contributed by atoms with Gasteiger partial charge in [-0.25, -0.2) is 4.79 Å². The van der Waals surface area contributed by atoms with Crippen molar-refractivity contribution >= 4 is 23.3 Å². The second-order valence-corrected chi connectivity index (χ2v) is 6.45. The van der Waals surface area contributed by atoms with Crippen molar-refractivity contribution in [1.29, 1.82) is 0 Å². The van der Waals surface area contributed by atoms with Gasteiger partial charge < -0.3 is 20.5 Å². The molecule has 0 saturated carbocycles. The van der Waals surface area contributed by atoms with Crippen LogP contribution in [0.2, 0.25) is 0 Å². The molecule has 7 nitrogen and oxygen atoms in total. The summed E-state index contributed by atoms with van der Waals surface area (Å²) in [6.07, 6.45) is 0. The fourth-order valence-corrected chi connectivity index (χ4v) is 2.40. The highest BCUT2D eigenvalue weighted by molar-refractivity contribution is 5.99. The van der Waals surface area contributed by atoms with Gasteiger partial charge in [-0.2, -0.15) is 0 Å². The molecule has 7 heteroatoms. The number of carbonyl (C=O) groups is 2. The molecule has 1 aromatic carbocycles. The minimum absolute atomic E-state index is 0.0138. The second-order valence-electron chi connectivity index (χ2n) is 6.45. The van der Waals surface area contributed by atoms with Crippen molar-refractivity contribution in [3.8, 4) is 0 Å². The van der Waals surface area contributed by atoms with Gasteiger partial charge in [0.25, 0.3) is 5.56 Å². The summed E-state index contributed by atoms with van der Waals surface area (Å²) < 4.78 is 1.33. The van der Waals surface area contributed by atoms with E-state index < -0.39 is 11.6 Å². The van der Waals surface area contributed by atoms with E-state index in [-0.39, 0.29) is 24.2 Å². The maximum Gasteiger partial charge on any atom is 0.323 e. The summed E-state index contributed by atoms with van der Waals surface area (Å²) in [4.78, 5) is 36.7. The van der Waals surface area contributed by atoms with Crippen molar-refractivity contribution in [2.75, 3.05) is 10.6 Å². The second kappa shape index (κ2) is 8.33. The average molecular weight is 356 g/mol. The fourth-order valence-electron chi connectivity index (χ4n) is 2.40. The number of hydrogen-bond donors (Lipinski definition) is 3. The highest BCUT2D eigenvalue weighted by atomic mass is 16.2. The van der Waals surface area contributed by atoms with Crippen molar-refractivity contribution in [3.63, 3.8) is 0 Å². The van der Waals surface area contributed by atoms with Crippen LogP contribution in [0.1, 0.15) is 25.1 Å². The quantitative estimate of drug-likeness (QED) is 0.769. The molecule has 0 aliphatic carbocycles. The number of anilines is 2. The number of rotatable bonds is 5. The summed E-state index contributed by atoms with van der Waals surface area (Å²) in [6.45, 7) is 7.29. The number of carbonyl (C=O) groups excluding carboxylic acids is 2. The van der Waals surface area contributed by atoms with Crippen LogP contribution in [0, 0.1) is 13.8 Å². The Balaban J connectivity index is 2.13. The van der Waals surface area contributed by atoms with E-state index in [4.69, 9.17) is 0 Å². The highest BCUT2D eigenvalue weighted by Crippen LogP contribution is 2.10. The normalized spacial score (nSPS) is 10.5. The van der Waals surface area contributed by atoms with E-state index in [0.717, 1.165) is 5.56 Å². The zero-order valence-electron chi connectivity index (χ0n) is 15.4. The van der Waals surface area contributed by atoms with Crippen molar-refractivity contribution in [3.05, 3.63) is 58.0 Å². The number of pyridine rings is 1. The highest BCUT2D eigenvalue weighted by Gasteiger charge is 2.13. The molecule has 26 heavy (non-hydrogen) atoms. The van der Waals surface area contributed by atoms with Crippen LogP contribution < -0.4 is 21.5 Å². The van der Waals surface area contributed by atoms with Crippen molar-refractivity contribution < 1.29 is 9.59 Å². The lowest BCUT2D eigenvalue weighted by Gasteiger charge is -2.14. The molecule has 2 rings (SSSR count). The van der Waals surface area contributed by atoms with Crippen molar-refractivity contribution in [1.82, 2.24) is 9.88 Å². The third kappa shape index (κ3) is 5.20. The fraction of sp³-hybridized carbons (Fsp3) is 0.316. The lowest BCUT2D eigenvalue weighted by atomic mass is 10.2. The Kier molecular flexibility index (Phi) is 6.16. The van der Waals surface area contributed by atoms with Crippen LogP contribution in [0.15, 0.2) is 41.2 Å². The van der Waals surface area contributed by atoms with E-state index >= 15 is 0 Å². The molecule has 2 aromatic rings. The monoisotopic (exact) mass is 356 g/mol. The third-order valence-corrected chi connectivity index (χ3v) is 3.70. The lowest BCUT2D eigenvalue weighted by Crippen LogP contribution is -2.37. The number of nitrogens with one attached hydrogen (secondary N) is 3. The maximum absolute atomic E-state index is 12.6. The number of amides is 3. The molecule has 3 amide bonds. The van der Waals surface area contributed by atoms with Gasteiger partial charge in [0.2, 0.25) is 5.91 Å². The molecule has 0 spiro atoms. The number of benzene rings is 1. The van der Waals surface area contributed by atoms with E-state index in [1.54, 1.807) is 25.1 Å². The molecule has 0 fully saturated rings. The van der Waals surface area contributed by atoms with Gasteiger partial charge in [-0.05, 0) is 52.0 Å². The van der Waals surface area contributed by atoms with Crippen LogP contribution in [0.4, 0.5) is 16.2 Å². The summed E-state index contributed by atoms with van der Waals surface area (Å²) in [5.41, 5.74) is 2.02. The molecule has 1 aromatic heterocycles. The van der Waals surface area contributed by atoms with Gasteiger partial charge in [-0.3, -0.25) is 9.59 Å². The molecule has 0 unspecified atom stereocenters. The van der Waals surface area contributed by atoms with Crippen LogP contribution in [0.3, 0.4) is 0 Å². The Morgan fingerprint density at radius 1 is 1.00 bits per heavy atom. The molecule has 0 radical (unpaired) electrons. The third-order valence-electron chi connectivity index (χ3n) is 3.70. The van der Waals surface area contributed by atoms with E-state index in [1.165, 1.54) is 10.6 Å². The van der Waals surface area contributed by atoms with Gasteiger partial charge in [0.1, 0.15) is 12.2 Å². The lowest BCUT2D eigenvalue weighted by molar-refractivity contribution is -0.122. The van der Waals surface area contributed by atoms with Crippen LogP contribution in [0.5, 0.6) is 0 Å².